The first kappa shape index (κ1) is 9.22. The summed E-state index contributed by atoms with van der Waals surface area (Å²) in [6, 6.07) is 3.65. The molecule has 0 amide bonds. The lowest BCUT2D eigenvalue weighted by molar-refractivity contribution is 0.0945. The summed E-state index contributed by atoms with van der Waals surface area (Å²) in [5.41, 5.74) is 1.88. The van der Waals surface area contributed by atoms with Crippen LogP contribution in [-0.2, 0) is 6.42 Å². The molecule has 0 aliphatic heterocycles. The Bertz CT molecular complexity index is 387. The summed E-state index contributed by atoms with van der Waals surface area (Å²) in [5.74, 6) is 0.323. The highest BCUT2D eigenvalue weighted by molar-refractivity contribution is 9.10. The summed E-state index contributed by atoms with van der Waals surface area (Å²) in [6.45, 7) is 1.95. The molecule has 2 rings (SSSR count). The monoisotopic (exact) mass is 258 g/mol. The molecule has 1 aromatic carbocycles. The van der Waals surface area contributed by atoms with Crippen molar-refractivity contribution in [1.82, 2.24) is 0 Å². The summed E-state index contributed by atoms with van der Waals surface area (Å²) < 4.78 is 0.823. The van der Waals surface area contributed by atoms with Gasteiger partial charge in [-0.2, -0.15) is 0 Å². The molecule has 13 heavy (non-hydrogen) atoms. The van der Waals surface area contributed by atoms with E-state index in [9.17, 15) is 4.79 Å². The molecule has 0 heterocycles. The normalized spacial score (nSPS) is 20.5. The molecule has 1 atom stereocenters. The Morgan fingerprint density at radius 2 is 2.23 bits per heavy atom. The Balaban J connectivity index is 2.64. The smallest absolute Gasteiger partial charge is 0.167 e. The second-order valence-corrected chi connectivity index (χ2v) is 4.68. The zero-order chi connectivity index (χ0) is 9.59. The second-order valence-electron chi connectivity index (χ2n) is 3.39. The van der Waals surface area contributed by atoms with Crippen LogP contribution in [0.5, 0.6) is 0 Å². The molecule has 0 fully saturated rings. The summed E-state index contributed by atoms with van der Waals surface area (Å²) in [5, 5.41) is 0.688. The number of hydrogen-bond acceptors (Lipinski definition) is 1. The maximum atomic E-state index is 11.7. The maximum absolute atomic E-state index is 11.7. The minimum atomic E-state index is 0.102. The minimum absolute atomic E-state index is 0.102. The van der Waals surface area contributed by atoms with E-state index in [2.05, 4.69) is 15.9 Å². The molecule has 1 unspecified atom stereocenters. The van der Waals surface area contributed by atoms with Crippen LogP contribution in [0.1, 0.15) is 22.8 Å². The molecule has 0 saturated carbocycles. The Hall–Kier alpha value is -0.340. The van der Waals surface area contributed by atoms with Crippen LogP contribution in [0, 0.1) is 5.92 Å². The molecule has 1 aliphatic carbocycles. The third kappa shape index (κ3) is 1.42. The van der Waals surface area contributed by atoms with Crippen molar-refractivity contribution in [2.45, 2.75) is 13.3 Å². The van der Waals surface area contributed by atoms with Crippen LogP contribution in [0.3, 0.4) is 0 Å². The Morgan fingerprint density at radius 3 is 2.92 bits per heavy atom. The van der Waals surface area contributed by atoms with Gasteiger partial charge in [-0.3, -0.25) is 4.79 Å². The predicted octanol–water partition coefficient (Wildman–Crippen LogP) is 3.48. The van der Waals surface area contributed by atoms with Gasteiger partial charge in [-0.05, 0) is 40.0 Å². The quantitative estimate of drug-likeness (QED) is 0.697. The maximum Gasteiger partial charge on any atom is 0.167 e. The molecule has 0 aromatic heterocycles. The van der Waals surface area contributed by atoms with Crippen LogP contribution in [0.2, 0.25) is 5.02 Å². The van der Waals surface area contributed by atoms with E-state index in [0.717, 1.165) is 22.0 Å². The summed E-state index contributed by atoms with van der Waals surface area (Å²) in [4.78, 5) is 11.7. The van der Waals surface area contributed by atoms with Crippen molar-refractivity contribution >= 4 is 33.3 Å². The third-order valence-electron chi connectivity index (χ3n) is 2.36. The molecule has 0 spiro atoms. The first-order chi connectivity index (χ1) is 6.09. The minimum Gasteiger partial charge on any atom is -0.294 e. The highest BCUT2D eigenvalue weighted by Gasteiger charge is 2.29. The van der Waals surface area contributed by atoms with E-state index < -0.39 is 0 Å². The molecule has 0 radical (unpaired) electrons. The molecule has 0 saturated heterocycles. The van der Waals surface area contributed by atoms with Gasteiger partial charge in [-0.15, -0.1) is 0 Å². The summed E-state index contributed by atoms with van der Waals surface area (Å²) >= 11 is 9.24. The number of halogens is 2. The Labute approximate surface area is 90.2 Å². The van der Waals surface area contributed by atoms with Gasteiger partial charge in [-0.1, -0.05) is 18.5 Å². The SMILES string of the molecule is CC1Cc2cc(Cl)cc(Br)c2C1=O. The molecule has 3 heteroatoms. The highest BCUT2D eigenvalue weighted by atomic mass is 79.9. The van der Waals surface area contributed by atoms with Crippen LogP contribution >= 0.6 is 27.5 Å². The molecule has 1 nitrogen and oxygen atoms in total. The molecule has 0 N–H and O–H groups in total. The standard InChI is InChI=1S/C10H8BrClO/c1-5-2-6-3-7(12)4-8(11)9(6)10(5)13/h3-5H,2H2,1H3. The topological polar surface area (TPSA) is 17.1 Å². The second kappa shape index (κ2) is 3.10. The van der Waals surface area contributed by atoms with E-state index in [0.29, 0.717) is 5.02 Å². The van der Waals surface area contributed by atoms with Gasteiger partial charge in [-0.25, -0.2) is 0 Å². The van der Waals surface area contributed by atoms with Crippen LogP contribution in [-0.4, -0.2) is 5.78 Å². The number of fused-ring (bicyclic) bond motifs is 1. The van der Waals surface area contributed by atoms with Gasteiger partial charge in [0.05, 0.1) is 0 Å². The lowest BCUT2D eigenvalue weighted by Crippen LogP contribution is -2.03. The summed E-state index contributed by atoms with van der Waals surface area (Å²) in [7, 11) is 0. The van der Waals surface area contributed by atoms with Crippen molar-refractivity contribution < 1.29 is 4.79 Å². The van der Waals surface area contributed by atoms with E-state index in [-0.39, 0.29) is 11.7 Å². The first-order valence-electron chi connectivity index (χ1n) is 4.11. The molecular formula is C10H8BrClO. The number of Topliss-reactive ketones (excluding diaryl/α,β-unsaturated/α-hetero) is 1. The molecule has 1 aromatic rings. The average Bonchev–Trinajstić information content (AvgIpc) is 2.27. The van der Waals surface area contributed by atoms with Crippen molar-refractivity contribution in [3.05, 3.63) is 32.8 Å². The van der Waals surface area contributed by atoms with Gasteiger partial charge in [0, 0.05) is 21.0 Å². The Morgan fingerprint density at radius 1 is 1.54 bits per heavy atom. The number of ketones is 1. The fraction of sp³-hybridized carbons (Fsp3) is 0.300. The highest BCUT2D eigenvalue weighted by Crippen LogP contribution is 2.34. The number of rotatable bonds is 0. The van der Waals surface area contributed by atoms with Crippen molar-refractivity contribution in [2.24, 2.45) is 5.92 Å². The van der Waals surface area contributed by atoms with E-state index in [4.69, 9.17) is 11.6 Å². The van der Waals surface area contributed by atoms with Crippen LogP contribution < -0.4 is 0 Å². The van der Waals surface area contributed by atoms with E-state index in [1.165, 1.54) is 0 Å². The largest absolute Gasteiger partial charge is 0.294 e. The number of hydrogen-bond donors (Lipinski definition) is 0. The fourth-order valence-electron chi connectivity index (χ4n) is 1.73. The number of carbonyl (C=O) groups excluding carboxylic acids is 1. The molecule has 0 bridgehead atoms. The van der Waals surface area contributed by atoms with E-state index in [1.807, 2.05) is 13.0 Å². The summed E-state index contributed by atoms with van der Waals surface area (Å²) in [6.07, 6.45) is 0.813. The molecule has 1 aliphatic rings. The Kier molecular flexibility index (Phi) is 2.20. The van der Waals surface area contributed by atoms with Crippen molar-refractivity contribution in [1.29, 1.82) is 0 Å². The molecular weight excluding hydrogens is 251 g/mol. The predicted molar refractivity (Wildman–Crippen MR) is 56.4 cm³/mol. The van der Waals surface area contributed by atoms with Gasteiger partial charge in [0.25, 0.3) is 0 Å². The van der Waals surface area contributed by atoms with Gasteiger partial charge >= 0.3 is 0 Å². The van der Waals surface area contributed by atoms with E-state index in [1.54, 1.807) is 6.07 Å². The van der Waals surface area contributed by atoms with Gasteiger partial charge in [0.2, 0.25) is 0 Å². The zero-order valence-corrected chi connectivity index (χ0v) is 9.45. The fourth-order valence-corrected chi connectivity index (χ4v) is 2.80. The average molecular weight is 260 g/mol. The number of benzene rings is 1. The van der Waals surface area contributed by atoms with Crippen molar-refractivity contribution in [3.8, 4) is 0 Å². The lowest BCUT2D eigenvalue weighted by atomic mass is 10.1. The molecule has 68 valence electrons. The van der Waals surface area contributed by atoms with Crippen LogP contribution in [0.15, 0.2) is 16.6 Å². The third-order valence-corrected chi connectivity index (χ3v) is 3.20. The van der Waals surface area contributed by atoms with Gasteiger partial charge in [0.15, 0.2) is 5.78 Å². The van der Waals surface area contributed by atoms with Crippen molar-refractivity contribution in [3.63, 3.8) is 0 Å². The van der Waals surface area contributed by atoms with Crippen LogP contribution in [0.25, 0.3) is 0 Å². The zero-order valence-electron chi connectivity index (χ0n) is 7.10. The van der Waals surface area contributed by atoms with Crippen LogP contribution in [0.4, 0.5) is 0 Å². The first-order valence-corrected chi connectivity index (χ1v) is 5.29. The van der Waals surface area contributed by atoms with Crippen molar-refractivity contribution in [2.75, 3.05) is 0 Å². The van der Waals surface area contributed by atoms with Gasteiger partial charge in [0.1, 0.15) is 0 Å². The van der Waals surface area contributed by atoms with E-state index >= 15 is 0 Å². The van der Waals surface area contributed by atoms with Gasteiger partial charge < -0.3 is 0 Å². The lowest BCUT2D eigenvalue weighted by Gasteiger charge is -2.01. The number of carbonyl (C=O) groups is 1.